The highest BCUT2D eigenvalue weighted by molar-refractivity contribution is 5.92. The summed E-state index contributed by atoms with van der Waals surface area (Å²) in [5, 5.41) is 3.14. The van der Waals surface area contributed by atoms with Gasteiger partial charge in [0, 0.05) is 44.4 Å². The van der Waals surface area contributed by atoms with Crippen LogP contribution < -0.4 is 11.1 Å². The van der Waals surface area contributed by atoms with Crippen molar-refractivity contribution in [3.05, 3.63) is 35.1 Å². The largest absolute Gasteiger partial charge is 0.383 e. The predicted octanol–water partition coefficient (Wildman–Crippen LogP) is 0.592. The van der Waals surface area contributed by atoms with E-state index in [1.807, 2.05) is 7.05 Å². The van der Waals surface area contributed by atoms with Crippen molar-refractivity contribution >= 4 is 5.91 Å². The molecule has 0 heterocycles. The van der Waals surface area contributed by atoms with Gasteiger partial charge in [0.15, 0.2) is 0 Å². The number of nitrogens with one attached hydrogen (secondary N) is 1. The topological polar surface area (TPSA) is 67.6 Å². The van der Waals surface area contributed by atoms with Crippen molar-refractivity contribution in [1.29, 1.82) is 0 Å². The number of rotatable bonds is 9. The molecule has 3 N–H and O–H groups in total. The van der Waals surface area contributed by atoms with Crippen LogP contribution in [-0.4, -0.2) is 51.2 Å². The Balaban J connectivity index is 2.38. The van der Waals surface area contributed by atoms with Crippen molar-refractivity contribution in [3.63, 3.8) is 0 Å². The Labute approximate surface area is 118 Å². The minimum Gasteiger partial charge on any atom is -0.383 e. The van der Waals surface area contributed by atoms with E-state index in [0.29, 0.717) is 24.3 Å². The molecule has 0 aromatic heterocycles. The van der Waals surface area contributed by atoms with Gasteiger partial charge in [-0.2, -0.15) is 0 Å². The number of nitrogens with two attached hydrogens (primary N) is 1. The van der Waals surface area contributed by atoms with E-state index in [1.165, 1.54) is 18.2 Å². The summed E-state index contributed by atoms with van der Waals surface area (Å²) in [6, 6.07) is 4.14. The second-order valence-electron chi connectivity index (χ2n) is 4.64. The fourth-order valence-corrected chi connectivity index (χ4v) is 1.72. The molecule has 0 atom stereocenters. The molecule has 0 aliphatic rings. The number of hydrogen-bond acceptors (Lipinski definition) is 4. The lowest BCUT2D eigenvalue weighted by Gasteiger charge is -2.16. The van der Waals surface area contributed by atoms with Crippen LogP contribution in [0.4, 0.5) is 4.39 Å². The van der Waals surface area contributed by atoms with Crippen LogP contribution in [0.3, 0.4) is 0 Å². The number of primary amides is 1. The first-order valence-corrected chi connectivity index (χ1v) is 6.51. The summed E-state index contributed by atoms with van der Waals surface area (Å²) >= 11 is 0. The number of amides is 1. The number of likely N-dealkylation sites (N-methyl/N-ethyl adjacent to an activating group) is 1. The summed E-state index contributed by atoms with van der Waals surface area (Å²) in [5.74, 6) is -0.888. The highest BCUT2D eigenvalue weighted by Gasteiger charge is 2.07. The van der Waals surface area contributed by atoms with Gasteiger partial charge in [-0.15, -0.1) is 0 Å². The molecule has 1 amide bonds. The van der Waals surface area contributed by atoms with Crippen LogP contribution in [0.25, 0.3) is 0 Å². The summed E-state index contributed by atoms with van der Waals surface area (Å²) in [6.45, 7) is 3.46. The van der Waals surface area contributed by atoms with Crippen LogP contribution in [0.5, 0.6) is 0 Å². The Hall–Kier alpha value is -1.50. The fraction of sp³-hybridized carbons (Fsp3) is 0.500. The third-order valence-electron chi connectivity index (χ3n) is 2.99. The quantitative estimate of drug-likeness (QED) is 0.651. The zero-order valence-electron chi connectivity index (χ0n) is 12.0. The molecule has 0 saturated heterocycles. The maximum Gasteiger partial charge on any atom is 0.248 e. The van der Waals surface area contributed by atoms with Crippen LogP contribution in [0.15, 0.2) is 18.2 Å². The van der Waals surface area contributed by atoms with Gasteiger partial charge in [-0.25, -0.2) is 4.39 Å². The maximum atomic E-state index is 13.6. The highest BCUT2D eigenvalue weighted by Crippen LogP contribution is 2.10. The van der Waals surface area contributed by atoms with Gasteiger partial charge in [-0.1, -0.05) is 0 Å². The van der Waals surface area contributed by atoms with Crippen molar-refractivity contribution in [3.8, 4) is 0 Å². The third kappa shape index (κ3) is 5.64. The van der Waals surface area contributed by atoms with Crippen molar-refractivity contribution < 1.29 is 13.9 Å². The first-order chi connectivity index (χ1) is 9.54. The second-order valence-corrected chi connectivity index (χ2v) is 4.64. The Morgan fingerprint density at radius 3 is 2.85 bits per heavy atom. The number of carbonyl (C=O) groups is 1. The summed E-state index contributed by atoms with van der Waals surface area (Å²) in [6.07, 6.45) is 0. The van der Waals surface area contributed by atoms with E-state index < -0.39 is 5.91 Å². The van der Waals surface area contributed by atoms with E-state index in [0.717, 1.165) is 19.6 Å². The molecule has 0 bridgehead atoms. The molecule has 0 spiro atoms. The molecular weight excluding hydrogens is 261 g/mol. The summed E-state index contributed by atoms with van der Waals surface area (Å²) in [5.41, 5.74) is 5.94. The molecule has 0 aliphatic carbocycles. The average Bonchev–Trinajstić information content (AvgIpc) is 2.42. The van der Waals surface area contributed by atoms with Gasteiger partial charge in [-0.3, -0.25) is 4.79 Å². The van der Waals surface area contributed by atoms with E-state index in [4.69, 9.17) is 10.5 Å². The zero-order valence-corrected chi connectivity index (χ0v) is 12.0. The monoisotopic (exact) mass is 283 g/mol. The predicted molar refractivity (Wildman–Crippen MR) is 76.0 cm³/mol. The van der Waals surface area contributed by atoms with E-state index in [-0.39, 0.29) is 5.82 Å². The van der Waals surface area contributed by atoms with Crippen LogP contribution in [0.1, 0.15) is 15.9 Å². The number of benzene rings is 1. The van der Waals surface area contributed by atoms with Crippen LogP contribution in [0, 0.1) is 5.82 Å². The third-order valence-corrected chi connectivity index (χ3v) is 2.99. The molecule has 112 valence electrons. The molecular formula is C14H22FN3O2. The lowest BCUT2D eigenvalue weighted by atomic mass is 10.1. The lowest BCUT2D eigenvalue weighted by Crippen LogP contribution is -2.31. The molecule has 0 unspecified atom stereocenters. The van der Waals surface area contributed by atoms with Crippen LogP contribution >= 0.6 is 0 Å². The Morgan fingerprint density at radius 1 is 1.45 bits per heavy atom. The van der Waals surface area contributed by atoms with Gasteiger partial charge < -0.3 is 20.7 Å². The Morgan fingerprint density at radius 2 is 2.20 bits per heavy atom. The molecule has 0 aliphatic heterocycles. The standard InChI is InChI=1S/C14H22FN3O2/c1-18(7-8-20-2)6-5-17-10-12-9-11(14(16)19)3-4-13(12)15/h3-4,9,17H,5-8,10H2,1-2H3,(H2,16,19). The Bertz CT molecular complexity index is 440. The van der Waals surface area contributed by atoms with Crippen LogP contribution in [-0.2, 0) is 11.3 Å². The normalized spacial score (nSPS) is 11.0. The second kappa shape index (κ2) is 8.63. The average molecular weight is 283 g/mol. The molecule has 5 nitrogen and oxygen atoms in total. The van der Waals surface area contributed by atoms with Gasteiger partial charge in [0.1, 0.15) is 5.82 Å². The molecule has 1 rings (SSSR count). The number of nitrogens with zero attached hydrogens (tertiary/aromatic N) is 1. The lowest BCUT2D eigenvalue weighted by molar-refractivity contribution is 0.1000. The summed E-state index contributed by atoms with van der Waals surface area (Å²) < 4.78 is 18.6. The first-order valence-electron chi connectivity index (χ1n) is 6.51. The smallest absolute Gasteiger partial charge is 0.248 e. The molecule has 20 heavy (non-hydrogen) atoms. The SMILES string of the molecule is COCCN(C)CCNCc1cc(C(N)=O)ccc1F. The van der Waals surface area contributed by atoms with E-state index >= 15 is 0 Å². The zero-order chi connectivity index (χ0) is 15.0. The maximum absolute atomic E-state index is 13.6. The minimum absolute atomic E-state index is 0.320. The highest BCUT2D eigenvalue weighted by atomic mass is 19.1. The number of hydrogen-bond donors (Lipinski definition) is 2. The molecule has 0 radical (unpaired) electrons. The van der Waals surface area contributed by atoms with Gasteiger partial charge >= 0.3 is 0 Å². The molecule has 0 fully saturated rings. The number of ether oxygens (including phenoxy) is 1. The van der Waals surface area contributed by atoms with E-state index in [9.17, 15) is 9.18 Å². The van der Waals surface area contributed by atoms with E-state index in [2.05, 4.69) is 10.2 Å². The first kappa shape index (κ1) is 16.6. The summed E-state index contributed by atoms with van der Waals surface area (Å²) in [4.78, 5) is 13.2. The number of carbonyl (C=O) groups excluding carboxylic acids is 1. The van der Waals surface area contributed by atoms with Crippen molar-refractivity contribution in [2.75, 3.05) is 40.4 Å². The summed E-state index contributed by atoms with van der Waals surface area (Å²) in [7, 11) is 3.66. The van der Waals surface area contributed by atoms with Gasteiger partial charge in [-0.05, 0) is 25.2 Å². The van der Waals surface area contributed by atoms with Crippen molar-refractivity contribution in [2.24, 2.45) is 5.73 Å². The number of methoxy groups -OCH3 is 1. The fourth-order valence-electron chi connectivity index (χ4n) is 1.72. The molecule has 6 heteroatoms. The van der Waals surface area contributed by atoms with Gasteiger partial charge in [0.2, 0.25) is 5.91 Å². The van der Waals surface area contributed by atoms with Crippen molar-refractivity contribution in [1.82, 2.24) is 10.2 Å². The van der Waals surface area contributed by atoms with E-state index in [1.54, 1.807) is 7.11 Å². The van der Waals surface area contributed by atoms with Gasteiger partial charge in [0.25, 0.3) is 0 Å². The molecule has 0 saturated carbocycles. The van der Waals surface area contributed by atoms with Gasteiger partial charge in [0.05, 0.1) is 6.61 Å². The molecule has 1 aromatic carbocycles. The Kier molecular flexibility index (Phi) is 7.14. The molecule has 1 aromatic rings. The van der Waals surface area contributed by atoms with Crippen molar-refractivity contribution in [2.45, 2.75) is 6.54 Å². The minimum atomic E-state index is -0.550. The number of halogens is 1. The van der Waals surface area contributed by atoms with Crippen LogP contribution in [0.2, 0.25) is 0 Å².